The van der Waals surface area contributed by atoms with E-state index in [9.17, 15) is 0 Å². The van der Waals surface area contributed by atoms with E-state index in [1.807, 2.05) is 0 Å². The average molecular weight is 322 g/mol. The second-order valence-electron chi connectivity index (χ2n) is 4.48. The van der Waals surface area contributed by atoms with Gasteiger partial charge in [0, 0.05) is 11.9 Å². The van der Waals surface area contributed by atoms with Gasteiger partial charge in [0.25, 0.3) is 0 Å². The van der Waals surface area contributed by atoms with Crippen molar-refractivity contribution in [2.24, 2.45) is 5.92 Å². The molecule has 4 heteroatoms. The predicted molar refractivity (Wildman–Crippen MR) is 77.8 cm³/mol. The number of nitrogens with zero attached hydrogens (tertiary/aromatic N) is 2. The molecule has 0 aliphatic rings. The van der Waals surface area contributed by atoms with Crippen LogP contribution >= 0.6 is 27.5 Å². The van der Waals surface area contributed by atoms with E-state index < -0.39 is 0 Å². The number of hydrogen-bond acceptors (Lipinski definition) is 1. The minimum absolute atomic E-state index is 0.243. The van der Waals surface area contributed by atoms with Crippen LogP contribution in [0.3, 0.4) is 0 Å². The summed E-state index contributed by atoms with van der Waals surface area (Å²) in [5.41, 5.74) is 2.44. The van der Waals surface area contributed by atoms with Crippen LogP contribution in [0.5, 0.6) is 0 Å². The molecule has 2 nitrogen and oxygen atoms in total. The fraction of sp³-hybridized carbons (Fsp3) is 0.769. The summed E-state index contributed by atoms with van der Waals surface area (Å²) in [6.07, 6.45) is 2.97. The average Bonchev–Trinajstić information content (AvgIpc) is 2.65. The fourth-order valence-electron chi connectivity index (χ4n) is 2.05. The Morgan fingerprint density at radius 2 is 2.00 bits per heavy atom. The number of alkyl halides is 1. The van der Waals surface area contributed by atoms with Gasteiger partial charge in [-0.1, -0.05) is 20.8 Å². The van der Waals surface area contributed by atoms with Crippen molar-refractivity contribution < 1.29 is 0 Å². The minimum Gasteiger partial charge on any atom is -0.268 e. The van der Waals surface area contributed by atoms with Crippen LogP contribution in [0, 0.1) is 5.92 Å². The predicted octanol–water partition coefficient (Wildman–Crippen LogP) is 4.42. The highest BCUT2D eigenvalue weighted by atomic mass is 79.9. The van der Waals surface area contributed by atoms with E-state index in [2.05, 4.69) is 53.4 Å². The highest BCUT2D eigenvalue weighted by Gasteiger charge is 2.19. The standard InChI is InChI=1S/C13H22BrClN2/c1-5-10(15)9(4)8-12-13(14)11(6-2)16-17(12)7-3/h9-10H,5-8H2,1-4H3. The molecule has 0 aliphatic heterocycles. The van der Waals surface area contributed by atoms with Gasteiger partial charge in [0.05, 0.1) is 15.9 Å². The summed E-state index contributed by atoms with van der Waals surface area (Å²) in [4.78, 5) is 0. The molecule has 0 amide bonds. The van der Waals surface area contributed by atoms with Crippen LogP contribution in [0.1, 0.15) is 45.5 Å². The maximum atomic E-state index is 6.31. The molecule has 1 aromatic heterocycles. The summed E-state index contributed by atoms with van der Waals surface area (Å²) in [6, 6.07) is 0. The Balaban J connectivity index is 2.92. The number of hydrogen-bond donors (Lipinski definition) is 0. The molecule has 0 saturated carbocycles. The molecular formula is C13H22BrClN2. The second-order valence-corrected chi connectivity index (χ2v) is 5.84. The molecule has 0 spiro atoms. The van der Waals surface area contributed by atoms with Gasteiger partial charge in [-0.05, 0) is 48.0 Å². The number of aryl methyl sites for hydroxylation is 2. The lowest BCUT2D eigenvalue weighted by atomic mass is 9.99. The molecule has 0 radical (unpaired) electrons. The Morgan fingerprint density at radius 1 is 1.35 bits per heavy atom. The normalized spacial score (nSPS) is 14.9. The lowest BCUT2D eigenvalue weighted by molar-refractivity contribution is 0.498. The molecule has 1 rings (SSSR count). The van der Waals surface area contributed by atoms with Crippen LogP contribution in [-0.2, 0) is 19.4 Å². The summed E-state index contributed by atoms with van der Waals surface area (Å²) in [5, 5.41) is 4.85. The van der Waals surface area contributed by atoms with Gasteiger partial charge in [-0.3, -0.25) is 4.68 Å². The quantitative estimate of drug-likeness (QED) is 0.709. The Kier molecular flexibility index (Phi) is 6.01. The first-order valence-corrected chi connectivity index (χ1v) is 7.66. The molecule has 0 aliphatic carbocycles. The van der Waals surface area contributed by atoms with Gasteiger partial charge in [-0.2, -0.15) is 5.10 Å². The lowest BCUT2D eigenvalue weighted by Crippen LogP contribution is -2.16. The first kappa shape index (κ1) is 15.0. The van der Waals surface area contributed by atoms with Gasteiger partial charge in [-0.15, -0.1) is 11.6 Å². The summed E-state index contributed by atoms with van der Waals surface area (Å²) in [5.74, 6) is 0.477. The Bertz CT molecular complexity index is 363. The smallest absolute Gasteiger partial charge is 0.0766 e. The van der Waals surface area contributed by atoms with Crippen LogP contribution in [0.25, 0.3) is 0 Å². The Hall–Kier alpha value is -0.0200. The van der Waals surface area contributed by atoms with Crippen molar-refractivity contribution in [2.75, 3.05) is 0 Å². The zero-order valence-electron chi connectivity index (χ0n) is 11.1. The molecule has 0 fully saturated rings. The van der Waals surface area contributed by atoms with Crippen LogP contribution < -0.4 is 0 Å². The Labute approximate surface area is 118 Å². The monoisotopic (exact) mass is 320 g/mol. The summed E-state index contributed by atoms with van der Waals surface area (Å²) in [6.45, 7) is 9.53. The van der Waals surface area contributed by atoms with Crippen molar-refractivity contribution in [1.82, 2.24) is 9.78 Å². The van der Waals surface area contributed by atoms with Crippen molar-refractivity contribution >= 4 is 27.5 Å². The molecule has 2 unspecified atom stereocenters. The third-order valence-electron chi connectivity index (χ3n) is 3.22. The lowest BCUT2D eigenvalue weighted by Gasteiger charge is -2.17. The van der Waals surface area contributed by atoms with Crippen LogP contribution in [-0.4, -0.2) is 15.2 Å². The van der Waals surface area contributed by atoms with E-state index in [0.717, 1.165) is 31.5 Å². The number of halogens is 2. The van der Waals surface area contributed by atoms with E-state index in [0.29, 0.717) is 5.92 Å². The van der Waals surface area contributed by atoms with E-state index in [4.69, 9.17) is 11.6 Å². The van der Waals surface area contributed by atoms with Gasteiger partial charge in [0.1, 0.15) is 0 Å². The summed E-state index contributed by atoms with van der Waals surface area (Å²) in [7, 11) is 0. The Morgan fingerprint density at radius 3 is 2.47 bits per heavy atom. The zero-order chi connectivity index (χ0) is 13.0. The van der Waals surface area contributed by atoms with Crippen molar-refractivity contribution in [2.45, 2.75) is 58.9 Å². The molecule has 98 valence electrons. The molecule has 0 N–H and O–H groups in total. The molecule has 1 aromatic rings. The maximum Gasteiger partial charge on any atom is 0.0766 e. The van der Waals surface area contributed by atoms with E-state index in [-0.39, 0.29) is 5.38 Å². The summed E-state index contributed by atoms with van der Waals surface area (Å²) >= 11 is 9.99. The maximum absolute atomic E-state index is 6.31. The molecule has 0 bridgehead atoms. The van der Waals surface area contributed by atoms with Gasteiger partial charge in [0.2, 0.25) is 0 Å². The van der Waals surface area contributed by atoms with E-state index in [1.165, 1.54) is 10.2 Å². The topological polar surface area (TPSA) is 17.8 Å². The highest BCUT2D eigenvalue weighted by Crippen LogP contribution is 2.27. The third-order valence-corrected chi connectivity index (χ3v) is 4.87. The molecule has 0 saturated heterocycles. The first-order valence-electron chi connectivity index (χ1n) is 6.43. The zero-order valence-corrected chi connectivity index (χ0v) is 13.5. The van der Waals surface area contributed by atoms with Gasteiger partial charge < -0.3 is 0 Å². The van der Waals surface area contributed by atoms with Crippen LogP contribution in [0.15, 0.2) is 4.47 Å². The van der Waals surface area contributed by atoms with Crippen molar-refractivity contribution in [1.29, 1.82) is 0 Å². The largest absolute Gasteiger partial charge is 0.268 e. The van der Waals surface area contributed by atoms with Crippen molar-refractivity contribution in [3.8, 4) is 0 Å². The summed E-state index contributed by atoms with van der Waals surface area (Å²) < 4.78 is 3.27. The van der Waals surface area contributed by atoms with Gasteiger partial charge >= 0.3 is 0 Å². The number of rotatable bonds is 6. The second kappa shape index (κ2) is 6.79. The van der Waals surface area contributed by atoms with E-state index >= 15 is 0 Å². The molecular weight excluding hydrogens is 300 g/mol. The van der Waals surface area contributed by atoms with Crippen LogP contribution in [0.2, 0.25) is 0 Å². The fourth-order valence-corrected chi connectivity index (χ4v) is 2.86. The molecule has 0 aromatic carbocycles. The van der Waals surface area contributed by atoms with Crippen molar-refractivity contribution in [3.63, 3.8) is 0 Å². The minimum atomic E-state index is 0.243. The van der Waals surface area contributed by atoms with E-state index in [1.54, 1.807) is 0 Å². The van der Waals surface area contributed by atoms with Gasteiger partial charge in [0.15, 0.2) is 0 Å². The third kappa shape index (κ3) is 3.47. The SMILES string of the molecule is CCc1nn(CC)c(CC(C)C(Cl)CC)c1Br. The highest BCUT2D eigenvalue weighted by molar-refractivity contribution is 9.10. The first-order chi connectivity index (χ1) is 8.04. The number of aromatic nitrogens is 2. The van der Waals surface area contributed by atoms with Gasteiger partial charge in [-0.25, -0.2) is 0 Å². The molecule has 2 atom stereocenters. The van der Waals surface area contributed by atoms with Crippen molar-refractivity contribution in [3.05, 3.63) is 15.9 Å². The molecule has 1 heterocycles. The van der Waals surface area contributed by atoms with Crippen LogP contribution in [0.4, 0.5) is 0 Å². The molecule has 17 heavy (non-hydrogen) atoms.